The van der Waals surface area contributed by atoms with Crippen molar-refractivity contribution in [3.05, 3.63) is 11.8 Å². The summed E-state index contributed by atoms with van der Waals surface area (Å²) in [5.41, 5.74) is 0.248. The highest BCUT2D eigenvalue weighted by atomic mass is 16.4. The first-order chi connectivity index (χ1) is 7.08. The Labute approximate surface area is 87.9 Å². The van der Waals surface area contributed by atoms with Gasteiger partial charge in [0.2, 0.25) is 0 Å². The van der Waals surface area contributed by atoms with E-state index in [0.717, 1.165) is 12.8 Å². The molecule has 5 nitrogen and oxygen atoms in total. The second-order valence-electron chi connectivity index (χ2n) is 4.29. The van der Waals surface area contributed by atoms with Crippen LogP contribution in [0.2, 0.25) is 5.82 Å². The quantitative estimate of drug-likeness (QED) is 0.465. The van der Waals surface area contributed by atoms with E-state index in [4.69, 9.17) is 15.2 Å². The minimum atomic E-state index is -1.28. The number of aliphatic carboxylic acids is 1. The van der Waals surface area contributed by atoms with Crippen LogP contribution in [-0.2, 0) is 4.79 Å². The van der Waals surface area contributed by atoms with E-state index in [1.165, 1.54) is 0 Å². The molecule has 0 saturated heterocycles. The van der Waals surface area contributed by atoms with Crippen LogP contribution < -0.4 is 5.32 Å². The van der Waals surface area contributed by atoms with E-state index in [1.54, 1.807) is 6.08 Å². The highest BCUT2D eigenvalue weighted by Gasteiger charge is 2.38. The molecule has 0 radical (unpaired) electrons. The van der Waals surface area contributed by atoms with Crippen molar-refractivity contribution in [3.8, 4) is 0 Å². The average molecular weight is 211 g/mol. The molecule has 1 heterocycles. The zero-order chi connectivity index (χ0) is 11.0. The molecule has 3 atom stereocenters. The maximum atomic E-state index is 10.7. The van der Waals surface area contributed by atoms with Crippen LogP contribution in [0, 0.1) is 5.92 Å². The van der Waals surface area contributed by atoms with Crippen molar-refractivity contribution in [2.45, 2.75) is 31.1 Å². The van der Waals surface area contributed by atoms with Crippen molar-refractivity contribution < 1.29 is 19.9 Å². The van der Waals surface area contributed by atoms with E-state index in [0.29, 0.717) is 6.42 Å². The fraction of sp³-hybridized carbons (Fsp3) is 0.667. The largest absolute Gasteiger partial charge is 0.477 e. The van der Waals surface area contributed by atoms with Crippen LogP contribution in [0.25, 0.3) is 0 Å². The molecular weight excluding hydrogens is 197 g/mol. The molecule has 15 heavy (non-hydrogen) atoms. The standard InChI is InChI=1S/C9H14BNO4/c12-9(13)8-4-5-3-6(10(14)15)1-2-7(5)11-8/h4-7,11,14-15H,1-3H2,(H,12,13). The molecule has 3 unspecified atom stereocenters. The highest BCUT2D eigenvalue weighted by molar-refractivity contribution is 6.43. The van der Waals surface area contributed by atoms with Gasteiger partial charge in [-0.05, 0) is 30.7 Å². The number of hydrogen-bond donors (Lipinski definition) is 4. The molecule has 82 valence electrons. The zero-order valence-electron chi connectivity index (χ0n) is 8.26. The van der Waals surface area contributed by atoms with Gasteiger partial charge < -0.3 is 20.5 Å². The molecule has 1 aliphatic carbocycles. The minimum absolute atomic E-state index is 0.122. The van der Waals surface area contributed by atoms with Crippen molar-refractivity contribution in [3.63, 3.8) is 0 Å². The van der Waals surface area contributed by atoms with E-state index in [9.17, 15) is 4.79 Å². The first-order valence-electron chi connectivity index (χ1n) is 5.15. The highest BCUT2D eigenvalue weighted by Crippen LogP contribution is 2.38. The minimum Gasteiger partial charge on any atom is -0.477 e. The Morgan fingerprint density at radius 3 is 2.80 bits per heavy atom. The van der Waals surface area contributed by atoms with Gasteiger partial charge in [0.25, 0.3) is 0 Å². The van der Waals surface area contributed by atoms with Gasteiger partial charge in [0.1, 0.15) is 5.70 Å². The molecule has 6 heteroatoms. The topological polar surface area (TPSA) is 89.8 Å². The summed E-state index contributed by atoms with van der Waals surface area (Å²) in [4.78, 5) is 10.7. The number of hydrogen-bond acceptors (Lipinski definition) is 4. The first-order valence-corrected chi connectivity index (χ1v) is 5.15. The van der Waals surface area contributed by atoms with Gasteiger partial charge in [-0.2, -0.15) is 0 Å². The van der Waals surface area contributed by atoms with Crippen LogP contribution >= 0.6 is 0 Å². The number of fused-ring (bicyclic) bond motifs is 1. The van der Waals surface area contributed by atoms with Gasteiger partial charge in [0.05, 0.1) is 0 Å². The molecule has 4 N–H and O–H groups in total. The summed E-state index contributed by atoms with van der Waals surface area (Å²) >= 11 is 0. The second kappa shape index (κ2) is 3.86. The molecule has 1 aliphatic heterocycles. The van der Waals surface area contributed by atoms with Gasteiger partial charge in [-0.15, -0.1) is 0 Å². The molecule has 1 fully saturated rings. The third kappa shape index (κ3) is 2.00. The Morgan fingerprint density at radius 1 is 1.47 bits per heavy atom. The van der Waals surface area contributed by atoms with Gasteiger partial charge in [-0.25, -0.2) is 4.79 Å². The summed E-state index contributed by atoms with van der Waals surface area (Å²) in [7, 11) is -1.28. The molecular formula is C9H14BNO4. The maximum Gasteiger partial charge on any atom is 0.454 e. The third-order valence-electron chi connectivity index (χ3n) is 3.31. The predicted octanol–water partition coefficient (Wildman–Crippen LogP) is -0.430. The Kier molecular flexibility index (Phi) is 2.71. The number of carboxylic acids is 1. The summed E-state index contributed by atoms with van der Waals surface area (Å²) < 4.78 is 0. The van der Waals surface area contributed by atoms with Crippen molar-refractivity contribution in [1.29, 1.82) is 0 Å². The fourth-order valence-electron chi connectivity index (χ4n) is 2.47. The van der Waals surface area contributed by atoms with Gasteiger partial charge in [-0.3, -0.25) is 0 Å². The van der Waals surface area contributed by atoms with E-state index in [1.807, 2.05) is 0 Å². The van der Waals surface area contributed by atoms with Crippen LogP contribution in [0.5, 0.6) is 0 Å². The SMILES string of the molecule is O=C(O)C1=CC2CC(B(O)O)CCC2N1. The molecule has 0 aromatic heterocycles. The zero-order valence-corrected chi connectivity index (χ0v) is 8.26. The Morgan fingerprint density at radius 2 is 2.20 bits per heavy atom. The second-order valence-corrected chi connectivity index (χ2v) is 4.29. The Balaban J connectivity index is 2.04. The lowest BCUT2D eigenvalue weighted by atomic mass is 9.62. The molecule has 2 aliphatic rings. The average Bonchev–Trinajstić information content (AvgIpc) is 2.59. The third-order valence-corrected chi connectivity index (χ3v) is 3.31. The predicted molar refractivity (Wildman–Crippen MR) is 53.9 cm³/mol. The molecule has 0 bridgehead atoms. The molecule has 0 aromatic carbocycles. The van der Waals surface area contributed by atoms with Crippen molar-refractivity contribution in [1.82, 2.24) is 5.32 Å². The normalized spacial score (nSPS) is 34.0. The Hall–Kier alpha value is -1.01. The van der Waals surface area contributed by atoms with Crippen LogP contribution in [0.15, 0.2) is 11.8 Å². The number of carboxylic acid groups (broad SMARTS) is 1. The van der Waals surface area contributed by atoms with Gasteiger partial charge in [-0.1, -0.05) is 6.42 Å². The lowest BCUT2D eigenvalue weighted by molar-refractivity contribution is -0.133. The lowest BCUT2D eigenvalue weighted by Crippen LogP contribution is -2.37. The number of nitrogens with one attached hydrogen (secondary N) is 1. The van der Waals surface area contributed by atoms with Gasteiger partial charge in [0, 0.05) is 6.04 Å². The van der Waals surface area contributed by atoms with E-state index in [2.05, 4.69) is 5.32 Å². The summed E-state index contributed by atoms with van der Waals surface area (Å²) in [6, 6.07) is 0.158. The molecule has 1 saturated carbocycles. The summed E-state index contributed by atoms with van der Waals surface area (Å²) in [6.45, 7) is 0. The van der Waals surface area contributed by atoms with Crippen LogP contribution in [-0.4, -0.2) is 34.3 Å². The van der Waals surface area contributed by atoms with E-state index < -0.39 is 13.1 Å². The smallest absolute Gasteiger partial charge is 0.454 e. The van der Waals surface area contributed by atoms with Crippen LogP contribution in [0.1, 0.15) is 19.3 Å². The monoisotopic (exact) mass is 211 g/mol. The van der Waals surface area contributed by atoms with Crippen LogP contribution in [0.4, 0.5) is 0 Å². The van der Waals surface area contributed by atoms with Crippen molar-refractivity contribution in [2.24, 2.45) is 5.92 Å². The summed E-state index contributed by atoms with van der Waals surface area (Å²) in [5.74, 6) is -0.945. The summed E-state index contributed by atoms with van der Waals surface area (Å²) in [5, 5.41) is 29.9. The van der Waals surface area contributed by atoms with Crippen molar-refractivity contribution >= 4 is 13.1 Å². The molecule has 0 aromatic rings. The first kappa shape index (κ1) is 10.5. The summed E-state index contributed by atoms with van der Waals surface area (Å²) in [6.07, 6.45) is 3.86. The lowest BCUT2D eigenvalue weighted by Gasteiger charge is -2.30. The van der Waals surface area contributed by atoms with Crippen molar-refractivity contribution in [2.75, 3.05) is 0 Å². The Bertz CT molecular complexity index is 304. The fourth-order valence-corrected chi connectivity index (χ4v) is 2.47. The maximum absolute atomic E-state index is 10.7. The molecule has 2 rings (SSSR count). The molecule has 0 amide bonds. The van der Waals surface area contributed by atoms with E-state index in [-0.39, 0.29) is 23.5 Å². The molecule has 0 spiro atoms. The van der Waals surface area contributed by atoms with Gasteiger partial charge in [0.15, 0.2) is 0 Å². The number of rotatable bonds is 2. The number of carbonyl (C=O) groups is 1. The van der Waals surface area contributed by atoms with Crippen LogP contribution in [0.3, 0.4) is 0 Å². The van der Waals surface area contributed by atoms with E-state index >= 15 is 0 Å². The van der Waals surface area contributed by atoms with Gasteiger partial charge >= 0.3 is 13.1 Å².